The van der Waals surface area contributed by atoms with Gasteiger partial charge in [0.25, 0.3) is 0 Å². The molecule has 92 valence electrons. The molecule has 2 N–H and O–H groups in total. The van der Waals surface area contributed by atoms with Gasteiger partial charge in [0.2, 0.25) is 0 Å². The van der Waals surface area contributed by atoms with Crippen LogP contribution in [0.4, 0.5) is 0 Å². The molecular formula is C16H17NO. The molecule has 0 heterocycles. The molecule has 0 fully saturated rings. The van der Waals surface area contributed by atoms with E-state index in [0.717, 1.165) is 17.5 Å². The number of nitrogens with two attached hydrogens (primary N) is 1. The van der Waals surface area contributed by atoms with E-state index in [1.807, 2.05) is 54.6 Å². The van der Waals surface area contributed by atoms with Gasteiger partial charge >= 0.3 is 0 Å². The molecule has 2 nitrogen and oxygen atoms in total. The van der Waals surface area contributed by atoms with Crippen LogP contribution in [-0.2, 0) is 6.42 Å². The third-order valence-electron chi connectivity index (χ3n) is 3.06. The number of hydrogen-bond acceptors (Lipinski definition) is 2. The van der Waals surface area contributed by atoms with Crippen LogP contribution in [0.5, 0.6) is 0 Å². The van der Waals surface area contributed by atoms with Gasteiger partial charge in [0.15, 0.2) is 5.78 Å². The summed E-state index contributed by atoms with van der Waals surface area (Å²) in [7, 11) is 0. The van der Waals surface area contributed by atoms with Crippen LogP contribution in [0.1, 0.15) is 34.5 Å². The minimum Gasteiger partial charge on any atom is -0.318 e. The second kappa shape index (κ2) is 5.61. The Morgan fingerprint density at radius 1 is 1.11 bits per heavy atom. The van der Waals surface area contributed by atoms with Crippen molar-refractivity contribution in [1.82, 2.24) is 0 Å². The summed E-state index contributed by atoms with van der Waals surface area (Å²) in [6, 6.07) is 16.6. The predicted molar refractivity (Wildman–Crippen MR) is 73.5 cm³/mol. The van der Waals surface area contributed by atoms with Crippen molar-refractivity contribution in [2.45, 2.75) is 19.4 Å². The van der Waals surface area contributed by atoms with E-state index >= 15 is 0 Å². The highest BCUT2D eigenvalue weighted by Crippen LogP contribution is 2.17. The summed E-state index contributed by atoms with van der Waals surface area (Å²) in [6.07, 6.45) is 0.918. The van der Waals surface area contributed by atoms with Crippen LogP contribution >= 0.6 is 0 Å². The first-order valence-electron chi connectivity index (χ1n) is 6.16. The highest BCUT2D eigenvalue weighted by atomic mass is 16.1. The molecule has 0 amide bonds. The lowest BCUT2D eigenvalue weighted by Gasteiger charge is -2.11. The smallest absolute Gasteiger partial charge is 0.184 e. The Morgan fingerprint density at radius 2 is 1.83 bits per heavy atom. The summed E-state index contributed by atoms with van der Waals surface area (Å²) in [5.74, 6) is -0.0310. The Hall–Kier alpha value is -1.93. The fourth-order valence-corrected chi connectivity index (χ4v) is 1.94. The summed E-state index contributed by atoms with van der Waals surface area (Å²) >= 11 is 0. The normalized spacial score (nSPS) is 12.1. The average Bonchev–Trinajstić information content (AvgIpc) is 2.46. The topological polar surface area (TPSA) is 43.1 Å². The second-order valence-corrected chi connectivity index (χ2v) is 4.31. The van der Waals surface area contributed by atoms with Crippen LogP contribution in [0.3, 0.4) is 0 Å². The quantitative estimate of drug-likeness (QED) is 0.833. The fourth-order valence-electron chi connectivity index (χ4n) is 1.94. The van der Waals surface area contributed by atoms with Crippen molar-refractivity contribution >= 4 is 5.78 Å². The molecule has 2 rings (SSSR count). The number of carbonyl (C=O) groups excluding carboxylic acids is 1. The van der Waals surface area contributed by atoms with Gasteiger partial charge in [0.05, 0.1) is 6.04 Å². The van der Waals surface area contributed by atoms with Gasteiger partial charge in [-0.1, -0.05) is 55.5 Å². The van der Waals surface area contributed by atoms with E-state index in [-0.39, 0.29) is 5.78 Å². The zero-order chi connectivity index (χ0) is 13.0. The minimum atomic E-state index is -0.585. The average molecular weight is 239 g/mol. The first-order chi connectivity index (χ1) is 8.72. The second-order valence-electron chi connectivity index (χ2n) is 4.31. The maximum absolute atomic E-state index is 12.3. The zero-order valence-corrected chi connectivity index (χ0v) is 10.5. The maximum Gasteiger partial charge on any atom is 0.184 e. The molecular weight excluding hydrogens is 222 g/mol. The molecule has 0 aliphatic carbocycles. The third-order valence-corrected chi connectivity index (χ3v) is 3.06. The highest BCUT2D eigenvalue weighted by Gasteiger charge is 2.17. The molecule has 0 aliphatic rings. The Kier molecular flexibility index (Phi) is 3.90. The van der Waals surface area contributed by atoms with Crippen LogP contribution in [0.2, 0.25) is 0 Å². The summed E-state index contributed by atoms with van der Waals surface area (Å²) < 4.78 is 0. The van der Waals surface area contributed by atoms with E-state index in [4.69, 9.17) is 5.73 Å². The van der Waals surface area contributed by atoms with Crippen LogP contribution in [-0.4, -0.2) is 5.78 Å². The van der Waals surface area contributed by atoms with Gasteiger partial charge < -0.3 is 5.73 Å². The molecule has 0 saturated heterocycles. The molecule has 2 heteroatoms. The summed E-state index contributed by atoms with van der Waals surface area (Å²) in [4.78, 5) is 12.3. The van der Waals surface area contributed by atoms with E-state index in [9.17, 15) is 4.79 Å². The Bertz CT molecular complexity index is 534. The standard InChI is InChI=1S/C16H17NO/c1-2-12-7-6-10-14(11-12)16(18)15(17)13-8-4-3-5-9-13/h3-11,15H,2,17H2,1H3/t15-/m1/s1. The summed E-state index contributed by atoms with van der Waals surface area (Å²) in [6.45, 7) is 2.07. The lowest BCUT2D eigenvalue weighted by Crippen LogP contribution is -2.21. The van der Waals surface area contributed by atoms with Crippen molar-refractivity contribution in [1.29, 1.82) is 0 Å². The number of benzene rings is 2. The largest absolute Gasteiger partial charge is 0.318 e. The number of hydrogen-bond donors (Lipinski definition) is 1. The molecule has 18 heavy (non-hydrogen) atoms. The molecule has 0 spiro atoms. The molecule has 0 aromatic heterocycles. The van der Waals surface area contributed by atoms with Crippen molar-refractivity contribution in [3.8, 4) is 0 Å². The molecule has 0 saturated carbocycles. The molecule has 0 bridgehead atoms. The van der Waals surface area contributed by atoms with Crippen LogP contribution in [0.15, 0.2) is 54.6 Å². The fraction of sp³-hybridized carbons (Fsp3) is 0.188. The first kappa shape index (κ1) is 12.5. The molecule has 2 aromatic rings. The molecule has 0 aliphatic heterocycles. The van der Waals surface area contributed by atoms with Gasteiger partial charge in [-0.25, -0.2) is 0 Å². The maximum atomic E-state index is 12.3. The van der Waals surface area contributed by atoms with Crippen molar-refractivity contribution in [2.75, 3.05) is 0 Å². The Balaban J connectivity index is 2.25. The van der Waals surface area contributed by atoms with Crippen molar-refractivity contribution in [3.63, 3.8) is 0 Å². The van der Waals surface area contributed by atoms with Gasteiger partial charge in [-0.05, 0) is 23.6 Å². The number of Topliss-reactive ketones (excluding diaryl/α,β-unsaturated/α-hetero) is 1. The third kappa shape index (κ3) is 2.66. The van der Waals surface area contributed by atoms with Crippen molar-refractivity contribution < 1.29 is 4.79 Å². The van der Waals surface area contributed by atoms with E-state index in [1.54, 1.807) is 0 Å². The lowest BCUT2D eigenvalue weighted by molar-refractivity contribution is 0.0961. The van der Waals surface area contributed by atoms with Crippen LogP contribution in [0, 0.1) is 0 Å². The van der Waals surface area contributed by atoms with Crippen molar-refractivity contribution in [2.24, 2.45) is 5.73 Å². The first-order valence-corrected chi connectivity index (χ1v) is 6.16. The molecule has 2 aromatic carbocycles. The van der Waals surface area contributed by atoms with Crippen LogP contribution in [0.25, 0.3) is 0 Å². The van der Waals surface area contributed by atoms with Gasteiger partial charge in [0, 0.05) is 5.56 Å². The molecule has 0 unspecified atom stereocenters. The minimum absolute atomic E-state index is 0.0310. The van der Waals surface area contributed by atoms with Gasteiger partial charge in [-0.2, -0.15) is 0 Å². The van der Waals surface area contributed by atoms with Gasteiger partial charge in [0.1, 0.15) is 0 Å². The Morgan fingerprint density at radius 3 is 2.50 bits per heavy atom. The summed E-state index contributed by atoms with van der Waals surface area (Å²) in [5, 5.41) is 0. The number of carbonyl (C=O) groups is 1. The monoisotopic (exact) mass is 239 g/mol. The van der Waals surface area contributed by atoms with E-state index in [2.05, 4.69) is 6.92 Å². The molecule has 0 radical (unpaired) electrons. The summed E-state index contributed by atoms with van der Waals surface area (Å²) in [5.41, 5.74) is 8.70. The van der Waals surface area contributed by atoms with Crippen molar-refractivity contribution in [3.05, 3.63) is 71.3 Å². The van der Waals surface area contributed by atoms with E-state index in [0.29, 0.717) is 5.56 Å². The number of aryl methyl sites for hydroxylation is 1. The van der Waals surface area contributed by atoms with E-state index < -0.39 is 6.04 Å². The zero-order valence-electron chi connectivity index (χ0n) is 10.5. The SMILES string of the molecule is CCc1cccc(C(=O)[C@H](N)c2ccccc2)c1. The van der Waals surface area contributed by atoms with E-state index in [1.165, 1.54) is 0 Å². The van der Waals surface area contributed by atoms with Gasteiger partial charge in [-0.15, -0.1) is 0 Å². The number of ketones is 1. The predicted octanol–water partition coefficient (Wildman–Crippen LogP) is 3.13. The number of rotatable bonds is 4. The lowest BCUT2D eigenvalue weighted by atomic mass is 9.97. The van der Waals surface area contributed by atoms with Crippen LogP contribution < -0.4 is 5.73 Å². The Labute approximate surface area is 107 Å². The van der Waals surface area contributed by atoms with Gasteiger partial charge in [-0.3, -0.25) is 4.79 Å². The highest BCUT2D eigenvalue weighted by molar-refractivity contribution is 6.00. The molecule has 1 atom stereocenters.